The lowest BCUT2D eigenvalue weighted by molar-refractivity contribution is 0.548. The van der Waals surface area contributed by atoms with Crippen LogP contribution in [0.25, 0.3) is 0 Å². The van der Waals surface area contributed by atoms with E-state index in [1.54, 1.807) is 6.07 Å². The van der Waals surface area contributed by atoms with Gasteiger partial charge < -0.3 is 10.2 Å². The van der Waals surface area contributed by atoms with Gasteiger partial charge in [0.1, 0.15) is 11.6 Å². The van der Waals surface area contributed by atoms with Gasteiger partial charge in [-0.2, -0.15) is 0 Å². The lowest BCUT2D eigenvalue weighted by atomic mass is 10.2. The number of rotatable bonds is 6. The van der Waals surface area contributed by atoms with Gasteiger partial charge in [-0.05, 0) is 42.8 Å². The molecule has 2 aromatic rings. The third-order valence-electron chi connectivity index (χ3n) is 3.19. The van der Waals surface area contributed by atoms with Crippen LogP contribution in [0.3, 0.4) is 0 Å². The van der Waals surface area contributed by atoms with Crippen molar-refractivity contribution in [3.63, 3.8) is 0 Å². The van der Waals surface area contributed by atoms with E-state index < -0.39 is 0 Å². The first-order chi connectivity index (χ1) is 10.1. The zero-order valence-electron chi connectivity index (χ0n) is 12.8. The lowest BCUT2D eigenvalue weighted by Crippen LogP contribution is -2.20. The summed E-state index contributed by atoms with van der Waals surface area (Å²) in [7, 11) is 1.89. The molecule has 112 valence electrons. The molecule has 1 N–H and O–H groups in total. The van der Waals surface area contributed by atoms with Crippen LogP contribution in [-0.4, -0.2) is 18.6 Å². The summed E-state index contributed by atoms with van der Waals surface area (Å²) in [6.07, 6.45) is 0. The molecule has 3 nitrogen and oxygen atoms in total. The van der Waals surface area contributed by atoms with Gasteiger partial charge in [-0.1, -0.05) is 26.0 Å². The molecule has 0 atom stereocenters. The molecule has 0 aliphatic rings. The van der Waals surface area contributed by atoms with Crippen molar-refractivity contribution >= 4 is 11.5 Å². The molecule has 0 spiro atoms. The summed E-state index contributed by atoms with van der Waals surface area (Å²) < 4.78 is 13.3. The number of pyridine rings is 1. The van der Waals surface area contributed by atoms with E-state index in [1.165, 1.54) is 12.1 Å². The summed E-state index contributed by atoms with van der Waals surface area (Å²) in [5.74, 6) is 1.18. The van der Waals surface area contributed by atoms with Gasteiger partial charge in [-0.25, -0.2) is 9.37 Å². The molecule has 0 bridgehead atoms. The highest BCUT2D eigenvalue weighted by molar-refractivity contribution is 5.58. The SMILES string of the molecule is CC(C)CNCc1cccc(N(C)c2cccc(F)c2)n1. The van der Waals surface area contributed by atoms with Crippen LogP contribution in [-0.2, 0) is 6.54 Å². The van der Waals surface area contributed by atoms with Crippen molar-refractivity contribution in [1.29, 1.82) is 0 Å². The molecule has 0 amide bonds. The Balaban J connectivity index is 2.09. The quantitative estimate of drug-likeness (QED) is 0.877. The fourth-order valence-electron chi connectivity index (χ4n) is 2.06. The molecule has 1 aromatic heterocycles. The van der Waals surface area contributed by atoms with Gasteiger partial charge in [0.25, 0.3) is 0 Å². The average Bonchev–Trinajstić information content (AvgIpc) is 2.46. The summed E-state index contributed by atoms with van der Waals surface area (Å²) in [5, 5.41) is 3.38. The van der Waals surface area contributed by atoms with Gasteiger partial charge in [0.2, 0.25) is 0 Å². The first-order valence-corrected chi connectivity index (χ1v) is 7.22. The number of anilines is 2. The molecule has 0 fully saturated rings. The highest BCUT2D eigenvalue weighted by Gasteiger charge is 2.07. The highest BCUT2D eigenvalue weighted by Crippen LogP contribution is 2.22. The summed E-state index contributed by atoms with van der Waals surface area (Å²) in [6.45, 7) is 6.05. The Hall–Kier alpha value is -1.94. The molecule has 21 heavy (non-hydrogen) atoms. The molecule has 2 rings (SSSR count). The van der Waals surface area contributed by atoms with Crippen molar-refractivity contribution in [2.45, 2.75) is 20.4 Å². The first kappa shape index (κ1) is 15.4. The van der Waals surface area contributed by atoms with Crippen molar-refractivity contribution in [3.05, 3.63) is 54.0 Å². The standard InChI is InChI=1S/C17H22FN3/c1-13(2)11-19-12-15-7-5-9-17(20-15)21(3)16-8-4-6-14(18)10-16/h4-10,13,19H,11-12H2,1-3H3. The van der Waals surface area contributed by atoms with Crippen LogP contribution in [0, 0.1) is 11.7 Å². The maximum Gasteiger partial charge on any atom is 0.133 e. The molecular weight excluding hydrogens is 265 g/mol. The van der Waals surface area contributed by atoms with Crippen molar-refractivity contribution in [3.8, 4) is 0 Å². The third kappa shape index (κ3) is 4.53. The number of nitrogens with one attached hydrogen (secondary N) is 1. The number of hydrogen-bond acceptors (Lipinski definition) is 3. The maximum atomic E-state index is 13.3. The van der Waals surface area contributed by atoms with E-state index in [1.807, 2.05) is 36.2 Å². The fourth-order valence-corrected chi connectivity index (χ4v) is 2.06. The first-order valence-electron chi connectivity index (χ1n) is 7.22. The predicted octanol–water partition coefficient (Wildman–Crippen LogP) is 3.73. The van der Waals surface area contributed by atoms with Gasteiger partial charge in [-0.3, -0.25) is 0 Å². The Morgan fingerprint density at radius 2 is 1.95 bits per heavy atom. The third-order valence-corrected chi connectivity index (χ3v) is 3.19. The summed E-state index contributed by atoms with van der Waals surface area (Å²) in [6, 6.07) is 12.4. The Morgan fingerprint density at radius 3 is 2.67 bits per heavy atom. The number of nitrogens with zero attached hydrogens (tertiary/aromatic N) is 2. The minimum atomic E-state index is -0.242. The average molecular weight is 287 g/mol. The van der Waals surface area contributed by atoms with E-state index in [4.69, 9.17) is 0 Å². The second-order valence-corrected chi connectivity index (χ2v) is 5.55. The Kier molecular flexibility index (Phi) is 5.28. The van der Waals surface area contributed by atoms with Crippen LogP contribution in [0.15, 0.2) is 42.5 Å². The minimum absolute atomic E-state index is 0.242. The molecule has 0 aliphatic heterocycles. The Labute approximate surface area is 125 Å². The van der Waals surface area contributed by atoms with Gasteiger partial charge in [0, 0.05) is 19.3 Å². The van der Waals surface area contributed by atoms with Gasteiger partial charge in [0.15, 0.2) is 0 Å². The number of halogens is 1. The van der Waals surface area contributed by atoms with Crippen LogP contribution in [0.5, 0.6) is 0 Å². The van der Waals surface area contributed by atoms with Gasteiger partial charge in [-0.15, -0.1) is 0 Å². The van der Waals surface area contributed by atoms with E-state index in [0.29, 0.717) is 5.92 Å². The minimum Gasteiger partial charge on any atom is -0.329 e. The van der Waals surface area contributed by atoms with Crippen LogP contribution in [0.2, 0.25) is 0 Å². The molecule has 1 heterocycles. The normalized spacial score (nSPS) is 10.9. The summed E-state index contributed by atoms with van der Waals surface area (Å²) >= 11 is 0. The van der Waals surface area contributed by atoms with Crippen LogP contribution in [0.4, 0.5) is 15.9 Å². The lowest BCUT2D eigenvalue weighted by Gasteiger charge is -2.19. The van der Waals surface area contributed by atoms with Crippen LogP contribution in [0.1, 0.15) is 19.5 Å². The van der Waals surface area contributed by atoms with Crippen molar-refractivity contribution in [1.82, 2.24) is 10.3 Å². The zero-order valence-corrected chi connectivity index (χ0v) is 12.8. The number of aromatic nitrogens is 1. The largest absolute Gasteiger partial charge is 0.329 e. The van der Waals surface area contributed by atoms with Gasteiger partial charge in [0.05, 0.1) is 5.69 Å². The van der Waals surface area contributed by atoms with Crippen molar-refractivity contribution in [2.24, 2.45) is 5.92 Å². The molecule has 0 unspecified atom stereocenters. The summed E-state index contributed by atoms with van der Waals surface area (Å²) in [4.78, 5) is 6.50. The summed E-state index contributed by atoms with van der Waals surface area (Å²) in [5.41, 5.74) is 1.77. The fraction of sp³-hybridized carbons (Fsp3) is 0.353. The number of benzene rings is 1. The Morgan fingerprint density at radius 1 is 1.19 bits per heavy atom. The molecule has 0 radical (unpaired) electrons. The van der Waals surface area contributed by atoms with E-state index in [9.17, 15) is 4.39 Å². The van der Waals surface area contributed by atoms with E-state index >= 15 is 0 Å². The maximum absolute atomic E-state index is 13.3. The molecule has 0 saturated heterocycles. The predicted molar refractivity (Wildman–Crippen MR) is 85.2 cm³/mol. The van der Waals surface area contributed by atoms with E-state index in [2.05, 4.69) is 24.1 Å². The van der Waals surface area contributed by atoms with E-state index in [-0.39, 0.29) is 5.82 Å². The Bertz CT molecular complexity index is 584. The molecule has 1 aromatic carbocycles. The second kappa shape index (κ2) is 7.18. The monoisotopic (exact) mass is 287 g/mol. The molecule has 4 heteroatoms. The van der Waals surface area contributed by atoms with E-state index in [0.717, 1.165) is 30.3 Å². The smallest absolute Gasteiger partial charge is 0.133 e. The molecule has 0 aliphatic carbocycles. The molecule has 0 saturated carbocycles. The zero-order chi connectivity index (χ0) is 15.2. The molecular formula is C17H22FN3. The highest BCUT2D eigenvalue weighted by atomic mass is 19.1. The topological polar surface area (TPSA) is 28.2 Å². The van der Waals surface area contributed by atoms with Crippen molar-refractivity contribution in [2.75, 3.05) is 18.5 Å². The second-order valence-electron chi connectivity index (χ2n) is 5.55. The van der Waals surface area contributed by atoms with Crippen LogP contribution >= 0.6 is 0 Å². The van der Waals surface area contributed by atoms with Crippen molar-refractivity contribution < 1.29 is 4.39 Å². The van der Waals surface area contributed by atoms with Gasteiger partial charge >= 0.3 is 0 Å². The number of hydrogen-bond donors (Lipinski definition) is 1. The van der Waals surface area contributed by atoms with Crippen LogP contribution < -0.4 is 10.2 Å².